The summed E-state index contributed by atoms with van der Waals surface area (Å²) in [6, 6.07) is 0.394. The number of hydrogen-bond acceptors (Lipinski definition) is 4. The molecule has 1 unspecified atom stereocenters. The number of hydrogen-bond donors (Lipinski definition) is 2. The molecule has 0 aromatic rings. The Kier molecular flexibility index (Phi) is 5.60. The van der Waals surface area contributed by atoms with Crippen molar-refractivity contribution in [1.29, 1.82) is 0 Å². The van der Waals surface area contributed by atoms with E-state index < -0.39 is 0 Å². The lowest BCUT2D eigenvalue weighted by Gasteiger charge is -2.41. The zero-order valence-corrected chi connectivity index (χ0v) is 12.0. The van der Waals surface area contributed by atoms with E-state index in [1.165, 1.54) is 6.42 Å². The third-order valence-corrected chi connectivity index (χ3v) is 4.41. The van der Waals surface area contributed by atoms with Crippen LogP contribution < -0.4 is 5.32 Å². The molecule has 1 aliphatic heterocycles. The van der Waals surface area contributed by atoms with Crippen molar-refractivity contribution in [3.8, 4) is 0 Å². The minimum absolute atomic E-state index is 0.0265. The topological polar surface area (TPSA) is 55.8 Å². The molecule has 1 aliphatic carbocycles. The Hall–Kier alpha value is -0.650. The van der Waals surface area contributed by atoms with Crippen molar-refractivity contribution in [2.75, 3.05) is 39.3 Å². The lowest BCUT2D eigenvalue weighted by Crippen LogP contribution is -2.56. The number of nitrogens with zero attached hydrogens (tertiary/aromatic N) is 2. The molecule has 1 saturated heterocycles. The fraction of sp³-hybridized carbons (Fsp3) is 0.929. The largest absolute Gasteiger partial charge is 0.396 e. The molecule has 0 spiro atoms. The summed E-state index contributed by atoms with van der Waals surface area (Å²) in [6.45, 7) is 6.74. The first-order valence-corrected chi connectivity index (χ1v) is 7.60. The van der Waals surface area contributed by atoms with Crippen LogP contribution in [0.25, 0.3) is 0 Å². The van der Waals surface area contributed by atoms with Gasteiger partial charge in [-0.25, -0.2) is 0 Å². The minimum atomic E-state index is -0.0265. The van der Waals surface area contributed by atoms with Crippen LogP contribution in [0.15, 0.2) is 0 Å². The Labute approximate surface area is 115 Å². The summed E-state index contributed by atoms with van der Waals surface area (Å²) in [6.07, 6.45) is 4.18. The summed E-state index contributed by atoms with van der Waals surface area (Å²) >= 11 is 0. The average molecular weight is 269 g/mol. The predicted molar refractivity (Wildman–Crippen MR) is 75.0 cm³/mol. The third kappa shape index (κ3) is 3.68. The van der Waals surface area contributed by atoms with Gasteiger partial charge in [-0.2, -0.15) is 0 Å². The molecule has 2 N–H and O–H groups in total. The number of carbonyl (C=O) groups excluding carboxylic acids is 1. The normalized spacial score (nSPS) is 22.8. The predicted octanol–water partition coefficient (Wildman–Crippen LogP) is 0.0436. The van der Waals surface area contributed by atoms with Crippen molar-refractivity contribution in [3.63, 3.8) is 0 Å². The summed E-state index contributed by atoms with van der Waals surface area (Å²) in [5.41, 5.74) is 0. The highest BCUT2D eigenvalue weighted by Gasteiger charge is 2.33. The average Bonchev–Trinajstić information content (AvgIpc) is 2.40. The van der Waals surface area contributed by atoms with E-state index in [0.717, 1.165) is 39.0 Å². The smallest absolute Gasteiger partial charge is 0.239 e. The van der Waals surface area contributed by atoms with Crippen LogP contribution in [0.1, 0.15) is 32.6 Å². The molecule has 2 fully saturated rings. The molecule has 1 amide bonds. The number of aliphatic hydroxyl groups is 1. The van der Waals surface area contributed by atoms with Crippen LogP contribution in [-0.2, 0) is 4.79 Å². The maximum Gasteiger partial charge on any atom is 0.239 e. The van der Waals surface area contributed by atoms with E-state index in [4.69, 9.17) is 5.11 Å². The Morgan fingerprint density at radius 1 is 1.42 bits per heavy atom. The maximum atomic E-state index is 12.7. The van der Waals surface area contributed by atoms with Gasteiger partial charge in [0.15, 0.2) is 0 Å². The first kappa shape index (κ1) is 14.8. The van der Waals surface area contributed by atoms with Crippen molar-refractivity contribution >= 4 is 5.91 Å². The van der Waals surface area contributed by atoms with Gasteiger partial charge in [-0.1, -0.05) is 0 Å². The van der Waals surface area contributed by atoms with E-state index in [-0.39, 0.29) is 18.6 Å². The lowest BCUT2D eigenvalue weighted by molar-refractivity contribution is -0.141. The van der Waals surface area contributed by atoms with Gasteiger partial charge in [-0.15, -0.1) is 0 Å². The maximum absolute atomic E-state index is 12.7. The van der Waals surface area contributed by atoms with Gasteiger partial charge in [-0.3, -0.25) is 9.69 Å². The van der Waals surface area contributed by atoms with Crippen molar-refractivity contribution in [1.82, 2.24) is 15.1 Å². The molecular formula is C14H27N3O2. The second kappa shape index (κ2) is 7.22. The Balaban J connectivity index is 1.92. The molecule has 110 valence electrons. The van der Waals surface area contributed by atoms with Crippen LogP contribution in [0.3, 0.4) is 0 Å². The van der Waals surface area contributed by atoms with Gasteiger partial charge >= 0.3 is 0 Å². The number of piperazine rings is 1. The van der Waals surface area contributed by atoms with Gasteiger partial charge in [-0.05, 0) is 32.6 Å². The molecule has 19 heavy (non-hydrogen) atoms. The summed E-state index contributed by atoms with van der Waals surface area (Å²) in [4.78, 5) is 17.0. The first-order chi connectivity index (χ1) is 9.24. The third-order valence-electron chi connectivity index (χ3n) is 4.41. The van der Waals surface area contributed by atoms with E-state index in [9.17, 15) is 4.79 Å². The van der Waals surface area contributed by atoms with Crippen LogP contribution in [0, 0.1) is 0 Å². The molecule has 5 nitrogen and oxygen atoms in total. The quantitative estimate of drug-likeness (QED) is 0.715. The Morgan fingerprint density at radius 2 is 2.11 bits per heavy atom. The first-order valence-electron chi connectivity index (χ1n) is 7.60. The zero-order valence-electron chi connectivity index (χ0n) is 12.0. The van der Waals surface area contributed by atoms with Gasteiger partial charge in [0, 0.05) is 45.4 Å². The highest BCUT2D eigenvalue weighted by molar-refractivity contribution is 5.82. The Morgan fingerprint density at radius 3 is 2.63 bits per heavy atom. The van der Waals surface area contributed by atoms with Gasteiger partial charge in [0.25, 0.3) is 0 Å². The highest BCUT2D eigenvalue weighted by Crippen LogP contribution is 2.26. The van der Waals surface area contributed by atoms with Crippen LogP contribution in [-0.4, -0.2) is 72.2 Å². The number of nitrogens with one attached hydrogen (secondary N) is 1. The van der Waals surface area contributed by atoms with Crippen molar-refractivity contribution in [2.45, 2.75) is 44.7 Å². The zero-order chi connectivity index (χ0) is 13.7. The van der Waals surface area contributed by atoms with Gasteiger partial charge in [0.2, 0.25) is 5.91 Å². The molecule has 0 aromatic heterocycles. The summed E-state index contributed by atoms with van der Waals surface area (Å²) in [5.74, 6) is 0.250. The van der Waals surface area contributed by atoms with Gasteiger partial charge in [0.05, 0.1) is 6.04 Å². The summed E-state index contributed by atoms with van der Waals surface area (Å²) in [7, 11) is 0. The number of rotatable bonds is 6. The molecule has 2 aliphatic rings. The number of aliphatic hydroxyl groups excluding tert-OH is 1. The fourth-order valence-electron chi connectivity index (χ4n) is 2.88. The van der Waals surface area contributed by atoms with E-state index in [1.54, 1.807) is 0 Å². The van der Waals surface area contributed by atoms with E-state index >= 15 is 0 Å². The molecule has 2 rings (SSSR count). The molecule has 0 radical (unpaired) electrons. The SMILES string of the molecule is CC(C(=O)N(CCCO)C1CCC1)N1CCNCC1. The second-order valence-electron chi connectivity index (χ2n) is 5.66. The Bertz CT molecular complexity index is 288. The molecular weight excluding hydrogens is 242 g/mol. The van der Waals surface area contributed by atoms with Crippen LogP contribution >= 0.6 is 0 Å². The number of amides is 1. The van der Waals surface area contributed by atoms with Gasteiger partial charge in [0.1, 0.15) is 0 Å². The van der Waals surface area contributed by atoms with Crippen LogP contribution in [0.2, 0.25) is 0 Å². The molecule has 1 saturated carbocycles. The van der Waals surface area contributed by atoms with Crippen LogP contribution in [0.5, 0.6) is 0 Å². The molecule has 1 heterocycles. The summed E-state index contributed by atoms with van der Waals surface area (Å²) in [5, 5.41) is 12.3. The fourth-order valence-corrected chi connectivity index (χ4v) is 2.88. The molecule has 5 heteroatoms. The second-order valence-corrected chi connectivity index (χ2v) is 5.66. The standard InChI is InChI=1S/C14H27N3O2/c1-12(16-9-6-15-7-10-16)14(19)17(8-3-11-18)13-4-2-5-13/h12-13,15,18H,2-11H2,1H3. The van der Waals surface area contributed by atoms with E-state index in [0.29, 0.717) is 19.0 Å². The van der Waals surface area contributed by atoms with E-state index in [2.05, 4.69) is 10.2 Å². The van der Waals surface area contributed by atoms with Crippen molar-refractivity contribution in [3.05, 3.63) is 0 Å². The monoisotopic (exact) mass is 269 g/mol. The molecule has 0 aromatic carbocycles. The number of carbonyl (C=O) groups is 1. The molecule has 1 atom stereocenters. The lowest BCUT2D eigenvalue weighted by atomic mass is 9.90. The molecule has 0 bridgehead atoms. The van der Waals surface area contributed by atoms with E-state index in [1.807, 2.05) is 11.8 Å². The minimum Gasteiger partial charge on any atom is -0.396 e. The van der Waals surface area contributed by atoms with Crippen molar-refractivity contribution in [2.24, 2.45) is 0 Å². The van der Waals surface area contributed by atoms with Crippen LogP contribution in [0.4, 0.5) is 0 Å². The highest BCUT2D eigenvalue weighted by atomic mass is 16.3. The van der Waals surface area contributed by atoms with Crippen molar-refractivity contribution < 1.29 is 9.90 Å². The van der Waals surface area contributed by atoms with Gasteiger partial charge < -0.3 is 15.3 Å². The summed E-state index contributed by atoms with van der Waals surface area (Å²) < 4.78 is 0.